The number of esters is 1. The summed E-state index contributed by atoms with van der Waals surface area (Å²) in [6.45, 7) is 6.34. The molecule has 1 aliphatic heterocycles. The van der Waals surface area contributed by atoms with Crippen LogP contribution in [0.2, 0.25) is 0 Å². The number of carbonyl (C=O) groups is 2. The van der Waals surface area contributed by atoms with Gasteiger partial charge in [0.1, 0.15) is 6.10 Å². The third kappa shape index (κ3) is 2.80. The van der Waals surface area contributed by atoms with Crippen molar-refractivity contribution in [2.45, 2.75) is 90.2 Å². The van der Waals surface area contributed by atoms with Gasteiger partial charge < -0.3 is 10.1 Å². The van der Waals surface area contributed by atoms with Crippen LogP contribution in [0.3, 0.4) is 0 Å². The first-order valence-corrected chi connectivity index (χ1v) is 10.3. The van der Waals surface area contributed by atoms with Crippen LogP contribution in [0.25, 0.3) is 0 Å². The van der Waals surface area contributed by atoms with E-state index in [2.05, 4.69) is 19.2 Å². The number of piperidine rings is 1. The molecule has 140 valence electrons. The Morgan fingerprint density at radius 2 is 1.88 bits per heavy atom. The van der Waals surface area contributed by atoms with Crippen LogP contribution >= 0.6 is 0 Å². The van der Waals surface area contributed by atoms with Crippen molar-refractivity contribution in [3.63, 3.8) is 0 Å². The zero-order valence-corrected chi connectivity index (χ0v) is 16.0. The van der Waals surface area contributed by atoms with E-state index in [0.29, 0.717) is 23.7 Å². The molecule has 0 radical (unpaired) electrons. The highest BCUT2D eigenvalue weighted by atomic mass is 16.5. The van der Waals surface area contributed by atoms with Crippen LogP contribution < -0.4 is 5.32 Å². The quantitative estimate of drug-likeness (QED) is 0.734. The van der Waals surface area contributed by atoms with Crippen molar-refractivity contribution in [2.75, 3.05) is 0 Å². The Morgan fingerprint density at radius 1 is 1.08 bits per heavy atom. The van der Waals surface area contributed by atoms with Crippen LogP contribution in [0.4, 0.5) is 0 Å². The van der Waals surface area contributed by atoms with Gasteiger partial charge >= 0.3 is 5.97 Å². The van der Waals surface area contributed by atoms with Gasteiger partial charge in [0.25, 0.3) is 0 Å². The minimum Gasteiger partial charge on any atom is -0.463 e. The van der Waals surface area contributed by atoms with E-state index in [1.807, 2.05) is 0 Å². The lowest BCUT2D eigenvalue weighted by Gasteiger charge is -2.62. The van der Waals surface area contributed by atoms with Crippen molar-refractivity contribution in [3.05, 3.63) is 0 Å². The first-order chi connectivity index (χ1) is 11.8. The van der Waals surface area contributed by atoms with Gasteiger partial charge in [-0.2, -0.15) is 0 Å². The summed E-state index contributed by atoms with van der Waals surface area (Å²) in [6.07, 6.45) is 10.1. The molecule has 3 aliphatic carbocycles. The predicted octanol–water partition coefficient (Wildman–Crippen LogP) is 3.83. The van der Waals surface area contributed by atoms with Gasteiger partial charge in [-0.05, 0) is 87.4 Å². The van der Waals surface area contributed by atoms with Crippen LogP contribution in [0.1, 0.15) is 78.6 Å². The zero-order valence-electron chi connectivity index (χ0n) is 16.0. The Kier molecular flexibility index (Phi) is 4.16. The molecular weight excluding hydrogens is 314 g/mol. The van der Waals surface area contributed by atoms with Crippen LogP contribution in [0.15, 0.2) is 0 Å². The van der Waals surface area contributed by atoms with E-state index >= 15 is 0 Å². The molecular formula is C21H33NO3. The highest BCUT2D eigenvalue weighted by molar-refractivity contribution is 5.77. The molecule has 0 aromatic heterocycles. The molecule has 4 fully saturated rings. The summed E-state index contributed by atoms with van der Waals surface area (Å²) >= 11 is 0. The number of carbonyl (C=O) groups excluding carboxylic acids is 2. The van der Waals surface area contributed by atoms with Gasteiger partial charge in [-0.1, -0.05) is 6.92 Å². The van der Waals surface area contributed by atoms with Gasteiger partial charge in [-0.3, -0.25) is 9.59 Å². The average molecular weight is 347 g/mol. The summed E-state index contributed by atoms with van der Waals surface area (Å²) in [5.41, 5.74) is 0.414. The van der Waals surface area contributed by atoms with Crippen molar-refractivity contribution in [1.82, 2.24) is 5.32 Å². The fourth-order valence-corrected chi connectivity index (χ4v) is 7.24. The van der Waals surface area contributed by atoms with E-state index < -0.39 is 0 Å². The van der Waals surface area contributed by atoms with E-state index in [1.165, 1.54) is 32.6 Å². The molecule has 3 saturated carbocycles. The number of ether oxygens (including phenoxy) is 1. The Bertz CT molecular complexity index is 575. The SMILES string of the molecule is CC(=O)O[C@@H]1CC[C@@]2(C)[C@@H](CC[C@@H]3[C@@H]2CC[C@]2(C)NC(=O)CC[C@@H]32)C1. The monoisotopic (exact) mass is 347 g/mol. The molecule has 1 N–H and O–H groups in total. The normalized spacial score (nSPS) is 49.2. The lowest BCUT2D eigenvalue weighted by atomic mass is 9.45. The Morgan fingerprint density at radius 3 is 2.64 bits per heavy atom. The van der Waals surface area contributed by atoms with Gasteiger partial charge in [0.15, 0.2) is 0 Å². The van der Waals surface area contributed by atoms with Crippen molar-refractivity contribution >= 4 is 11.9 Å². The van der Waals surface area contributed by atoms with Crippen molar-refractivity contribution < 1.29 is 14.3 Å². The van der Waals surface area contributed by atoms with E-state index in [-0.39, 0.29) is 23.5 Å². The molecule has 4 aliphatic rings. The van der Waals surface area contributed by atoms with Crippen molar-refractivity contribution in [3.8, 4) is 0 Å². The minimum absolute atomic E-state index is 0.0225. The van der Waals surface area contributed by atoms with Gasteiger partial charge in [0.2, 0.25) is 5.91 Å². The molecule has 7 atom stereocenters. The molecule has 1 heterocycles. The predicted molar refractivity (Wildman–Crippen MR) is 95.7 cm³/mol. The summed E-state index contributed by atoms with van der Waals surface area (Å²) < 4.78 is 5.55. The second kappa shape index (κ2) is 5.99. The maximum absolute atomic E-state index is 11.9. The Hall–Kier alpha value is -1.06. The summed E-state index contributed by atoms with van der Waals surface area (Å²) in [7, 11) is 0. The molecule has 4 rings (SSSR count). The zero-order chi connectivity index (χ0) is 17.8. The summed E-state index contributed by atoms with van der Waals surface area (Å²) in [6, 6.07) is 0. The number of amides is 1. The smallest absolute Gasteiger partial charge is 0.302 e. The topological polar surface area (TPSA) is 55.4 Å². The molecule has 1 amide bonds. The molecule has 0 spiro atoms. The Balaban J connectivity index is 1.53. The molecule has 0 aromatic rings. The van der Waals surface area contributed by atoms with Crippen LogP contribution in [0.5, 0.6) is 0 Å². The van der Waals surface area contributed by atoms with Gasteiger partial charge in [-0.25, -0.2) is 0 Å². The van der Waals surface area contributed by atoms with Gasteiger partial charge in [0.05, 0.1) is 0 Å². The first kappa shape index (κ1) is 17.4. The molecule has 4 heteroatoms. The number of hydrogen-bond donors (Lipinski definition) is 1. The third-order valence-corrected chi connectivity index (χ3v) is 8.45. The standard InChI is InChI=1S/C21H33NO3/c1-13(23)25-15-8-10-20(2)14(12-15)4-5-16-17(20)9-11-21(3)18(16)6-7-19(24)22-21/h14-18H,4-12H2,1-3H3,(H,22,24)/t14-,15+,16+,17-,18-,20-,21-/m0/s1. The highest BCUT2D eigenvalue weighted by Crippen LogP contribution is 2.62. The molecule has 4 nitrogen and oxygen atoms in total. The minimum atomic E-state index is -0.131. The first-order valence-electron chi connectivity index (χ1n) is 10.3. The van der Waals surface area contributed by atoms with Gasteiger partial charge in [-0.15, -0.1) is 0 Å². The molecule has 0 bridgehead atoms. The second-order valence-electron chi connectivity index (χ2n) is 9.71. The van der Waals surface area contributed by atoms with Crippen LogP contribution in [-0.4, -0.2) is 23.5 Å². The fraction of sp³-hybridized carbons (Fsp3) is 0.905. The maximum Gasteiger partial charge on any atom is 0.302 e. The van der Waals surface area contributed by atoms with Gasteiger partial charge in [0, 0.05) is 18.9 Å². The lowest BCUT2D eigenvalue weighted by molar-refractivity contribution is -0.161. The lowest BCUT2D eigenvalue weighted by Crippen LogP contribution is -2.63. The number of hydrogen-bond acceptors (Lipinski definition) is 3. The third-order valence-electron chi connectivity index (χ3n) is 8.45. The Labute approximate surface area is 151 Å². The van der Waals surface area contributed by atoms with Crippen molar-refractivity contribution in [1.29, 1.82) is 0 Å². The maximum atomic E-state index is 11.9. The summed E-state index contributed by atoms with van der Waals surface area (Å²) in [5, 5.41) is 3.34. The summed E-state index contributed by atoms with van der Waals surface area (Å²) in [5.74, 6) is 2.98. The number of nitrogens with one attached hydrogen (secondary N) is 1. The number of rotatable bonds is 1. The average Bonchev–Trinajstić information content (AvgIpc) is 2.53. The van der Waals surface area contributed by atoms with E-state index in [4.69, 9.17) is 4.74 Å². The van der Waals surface area contributed by atoms with Crippen molar-refractivity contribution in [2.24, 2.45) is 29.1 Å². The molecule has 25 heavy (non-hydrogen) atoms. The highest BCUT2D eigenvalue weighted by Gasteiger charge is 2.58. The van der Waals surface area contributed by atoms with Crippen LogP contribution in [-0.2, 0) is 14.3 Å². The fourth-order valence-electron chi connectivity index (χ4n) is 7.24. The number of fused-ring (bicyclic) bond motifs is 5. The molecule has 1 saturated heterocycles. The second-order valence-corrected chi connectivity index (χ2v) is 9.71. The largest absolute Gasteiger partial charge is 0.463 e. The van der Waals surface area contributed by atoms with E-state index in [1.54, 1.807) is 0 Å². The van der Waals surface area contributed by atoms with Crippen LogP contribution in [0, 0.1) is 29.1 Å². The van der Waals surface area contributed by atoms with E-state index in [9.17, 15) is 9.59 Å². The summed E-state index contributed by atoms with van der Waals surface area (Å²) in [4.78, 5) is 23.3. The molecule has 0 aromatic carbocycles. The van der Waals surface area contributed by atoms with E-state index in [0.717, 1.165) is 37.5 Å². The molecule has 0 unspecified atom stereocenters.